The van der Waals surface area contributed by atoms with Crippen LogP contribution in [0.15, 0.2) is 95.9 Å². The van der Waals surface area contributed by atoms with Crippen molar-refractivity contribution in [2.24, 2.45) is 5.73 Å². The van der Waals surface area contributed by atoms with E-state index in [4.69, 9.17) is 16.2 Å². The molecule has 5 N–H and O–H groups in total. The quantitative estimate of drug-likeness (QED) is 0.128. The van der Waals surface area contributed by atoms with Gasteiger partial charge in [-0.3, -0.25) is 4.79 Å². The summed E-state index contributed by atoms with van der Waals surface area (Å²) in [5.41, 5.74) is 16.3. The van der Waals surface area contributed by atoms with E-state index in [0.29, 0.717) is 28.9 Å². The zero-order valence-corrected chi connectivity index (χ0v) is 23.4. The van der Waals surface area contributed by atoms with Crippen molar-refractivity contribution >= 4 is 11.6 Å². The van der Waals surface area contributed by atoms with Gasteiger partial charge in [0.15, 0.2) is 0 Å². The van der Waals surface area contributed by atoms with Crippen molar-refractivity contribution in [2.75, 3.05) is 12.8 Å². The fourth-order valence-corrected chi connectivity index (χ4v) is 3.11. The molecule has 0 heterocycles. The Hall–Kier alpha value is -3.64. The third-order valence-electron chi connectivity index (χ3n) is 5.34. The lowest BCUT2D eigenvalue weighted by Crippen LogP contribution is -2.25. The third kappa shape index (κ3) is 13.3. The molecule has 202 valence electrons. The summed E-state index contributed by atoms with van der Waals surface area (Å²) in [6.07, 6.45) is 17.3. The number of benzene rings is 1. The van der Waals surface area contributed by atoms with Gasteiger partial charge >= 0.3 is 0 Å². The standard InChI is InChI=1S/C24H32FN3O2.C7H12/c1-6-8-16(3)10-11-22(26)20-13-19(21(25)14-23(20)27)15-28-24(29)18(9-7-2)12-17(4)30-5;1-4-6-7(3)5-2/h6-10,12-14,22H,2,11,15,26-27H2,1,3-5H3,(H,28,29);4-6H,1-3H3/b8-6-,16-10+,17-12+,18-9+;6-4-,7-5+. The molecule has 1 amide bonds. The first-order valence-electron chi connectivity index (χ1n) is 12.3. The molecular weight excluding hydrogens is 465 g/mol. The number of hydrogen-bond donors (Lipinski definition) is 3. The molecule has 1 aromatic rings. The van der Waals surface area contributed by atoms with Crippen LogP contribution < -0.4 is 16.8 Å². The predicted octanol–water partition coefficient (Wildman–Crippen LogP) is 7.13. The van der Waals surface area contributed by atoms with Crippen molar-refractivity contribution in [3.63, 3.8) is 0 Å². The molecule has 0 spiro atoms. The molecule has 0 saturated heterocycles. The van der Waals surface area contributed by atoms with E-state index >= 15 is 0 Å². The summed E-state index contributed by atoms with van der Waals surface area (Å²) in [7, 11) is 1.51. The van der Waals surface area contributed by atoms with Crippen LogP contribution in [0, 0.1) is 5.82 Å². The Labute approximate surface area is 222 Å². The Morgan fingerprint density at radius 1 is 1.14 bits per heavy atom. The highest BCUT2D eigenvalue weighted by molar-refractivity contribution is 5.96. The van der Waals surface area contributed by atoms with Gasteiger partial charge < -0.3 is 21.5 Å². The van der Waals surface area contributed by atoms with Crippen LogP contribution in [0.2, 0.25) is 0 Å². The van der Waals surface area contributed by atoms with Gasteiger partial charge in [-0.25, -0.2) is 4.39 Å². The van der Waals surface area contributed by atoms with Crippen molar-refractivity contribution < 1.29 is 13.9 Å². The van der Waals surface area contributed by atoms with Gasteiger partial charge in [0.25, 0.3) is 5.91 Å². The molecule has 0 aliphatic carbocycles. The molecule has 0 aliphatic heterocycles. The molecular formula is C31H44FN3O2. The summed E-state index contributed by atoms with van der Waals surface area (Å²) in [6.45, 7) is 15.4. The van der Waals surface area contributed by atoms with E-state index in [2.05, 4.69) is 31.0 Å². The average Bonchev–Trinajstić information content (AvgIpc) is 2.86. The van der Waals surface area contributed by atoms with Gasteiger partial charge in [-0.1, -0.05) is 60.3 Å². The average molecular weight is 510 g/mol. The fourth-order valence-electron chi connectivity index (χ4n) is 3.11. The molecule has 0 bridgehead atoms. The predicted molar refractivity (Wildman–Crippen MR) is 156 cm³/mol. The van der Waals surface area contributed by atoms with Gasteiger partial charge in [-0.2, -0.15) is 0 Å². The molecule has 0 aliphatic rings. The van der Waals surface area contributed by atoms with Crippen LogP contribution in [0.5, 0.6) is 0 Å². The van der Waals surface area contributed by atoms with Crippen LogP contribution in [0.25, 0.3) is 0 Å². The van der Waals surface area contributed by atoms with Crippen LogP contribution in [0.4, 0.5) is 10.1 Å². The minimum absolute atomic E-state index is 0.00748. The van der Waals surface area contributed by atoms with Gasteiger partial charge in [-0.05, 0) is 77.8 Å². The maximum Gasteiger partial charge on any atom is 0.251 e. The summed E-state index contributed by atoms with van der Waals surface area (Å²) in [5, 5.41) is 2.71. The number of carbonyl (C=O) groups is 1. The first-order chi connectivity index (χ1) is 17.5. The zero-order chi connectivity index (χ0) is 28.4. The minimum Gasteiger partial charge on any atom is -0.501 e. The van der Waals surface area contributed by atoms with E-state index in [1.807, 2.05) is 52.0 Å². The van der Waals surface area contributed by atoms with Crippen molar-refractivity contribution in [3.8, 4) is 0 Å². The Bertz CT molecular complexity index is 1080. The van der Waals surface area contributed by atoms with Crippen LogP contribution in [-0.4, -0.2) is 13.0 Å². The summed E-state index contributed by atoms with van der Waals surface area (Å²) in [4.78, 5) is 12.5. The smallest absolute Gasteiger partial charge is 0.251 e. The number of nitrogens with one attached hydrogen (secondary N) is 1. The summed E-state index contributed by atoms with van der Waals surface area (Å²) >= 11 is 0. The highest BCUT2D eigenvalue weighted by Gasteiger charge is 2.15. The Kier molecular flexibility index (Phi) is 16.8. The minimum atomic E-state index is -0.498. The molecule has 1 aromatic carbocycles. The first-order valence-corrected chi connectivity index (χ1v) is 12.3. The molecule has 37 heavy (non-hydrogen) atoms. The monoisotopic (exact) mass is 509 g/mol. The molecule has 0 radical (unpaired) electrons. The Morgan fingerprint density at radius 2 is 1.76 bits per heavy atom. The van der Waals surface area contributed by atoms with Crippen LogP contribution in [-0.2, 0) is 16.1 Å². The van der Waals surface area contributed by atoms with Crippen molar-refractivity contribution in [2.45, 2.75) is 60.5 Å². The van der Waals surface area contributed by atoms with Crippen molar-refractivity contribution in [1.29, 1.82) is 0 Å². The van der Waals surface area contributed by atoms with Gasteiger partial charge in [0, 0.05) is 29.4 Å². The summed E-state index contributed by atoms with van der Waals surface area (Å²) < 4.78 is 19.5. The van der Waals surface area contributed by atoms with E-state index in [0.717, 1.165) is 5.57 Å². The lowest BCUT2D eigenvalue weighted by Gasteiger charge is -2.16. The first kappa shape index (κ1) is 33.4. The normalized spacial score (nSPS) is 13.9. The number of nitrogens with two attached hydrogens (primary N) is 2. The highest BCUT2D eigenvalue weighted by atomic mass is 19.1. The van der Waals surface area contributed by atoms with E-state index in [-0.39, 0.29) is 24.2 Å². The maximum atomic E-state index is 14.4. The largest absolute Gasteiger partial charge is 0.501 e. The van der Waals surface area contributed by atoms with E-state index in [9.17, 15) is 9.18 Å². The molecule has 5 nitrogen and oxygen atoms in total. The number of allylic oxidation sites excluding steroid dienone is 10. The number of halogens is 1. The summed E-state index contributed by atoms with van der Waals surface area (Å²) in [6, 6.07) is 2.47. The second-order valence-corrected chi connectivity index (χ2v) is 8.40. The second kappa shape index (κ2) is 18.6. The molecule has 6 heteroatoms. The van der Waals surface area contributed by atoms with E-state index < -0.39 is 5.82 Å². The molecule has 1 atom stereocenters. The molecule has 0 fully saturated rings. The number of rotatable bonds is 11. The number of methoxy groups -OCH3 is 1. The van der Waals surface area contributed by atoms with E-state index in [1.54, 1.807) is 25.1 Å². The van der Waals surface area contributed by atoms with Gasteiger partial charge in [0.1, 0.15) is 5.82 Å². The number of ether oxygens (including phenoxy) is 1. The van der Waals surface area contributed by atoms with Crippen molar-refractivity contribution in [3.05, 3.63) is 113 Å². The van der Waals surface area contributed by atoms with Crippen molar-refractivity contribution in [1.82, 2.24) is 5.32 Å². The van der Waals surface area contributed by atoms with Crippen LogP contribution in [0.3, 0.4) is 0 Å². The summed E-state index contributed by atoms with van der Waals surface area (Å²) in [5.74, 6) is -0.313. The van der Waals surface area contributed by atoms with Gasteiger partial charge in [0.2, 0.25) is 0 Å². The number of hydrogen-bond acceptors (Lipinski definition) is 4. The third-order valence-corrected chi connectivity index (χ3v) is 5.34. The zero-order valence-electron chi connectivity index (χ0n) is 23.4. The lowest BCUT2D eigenvalue weighted by molar-refractivity contribution is -0.117. The SMILES string of the molecule is C/C=C\C(C)=C\C.C=C/C=C(\C=C(/C)OC)C(=O)NCc1cc(C(N)C/C=C(C)/C=C\C)c(N)cc1F. The lowest BCUT2D eigenvalue weighted by atomic mass is 9.98. The topological polar surface area (TPSA) is 90.4 Å². The highest BCUT2D eigenvalue weighted by Crippen LogP contribution is 2.26. The van der Waals surface area contributed by atoms with E-state index in [1.165, 1.54) is 24.8 Å². The number of carbonyl (C=O) groups excluding carboxylic acids is 1. The number of amides is 1. The van der Waals surface area contributed by atoms with Crippen LogP contribution in [0.1, 0.15) is 65.1 Å². The fraction of sp³-hybridized carbons (Fsp3) is 0.323. The van der Waals surface area contributed by atoms with Gasteiger partial charge in [0.05, 0.1) is 12.9 Å². The molecule has 1 rings (SSSR count). The molecule has 0 aromatic heterocycles. The van der Waals surface area contributed by atoms with Gasteiger partial charge in [-0.15, -0.1) is 0 Å². The second-order valence-electron chi connectivity index (χ2n) is 8.40. The molecule has 0 saturated carbocycles. The number of anilines is 1. The maximum absolute atomic E-state index is 14.4. The Balaban J connectivity index is 0.00000161. The van der Waals surface area contributed by atoms with Crippen LogP contribution >= 0.6 is 0 Å². The number of nitrogen functional groups attached to an aromatic ring is 1. The Morgan fingerprint density at radius 3 is 2.27 bits per heavy atom. The molecule has 1 unspecified atom stereocenters.